The molecule has 1 aliphatic carbocycles. The molecular weight excluding hydrogens is 330 g/mol. The van der Waals surface area contributed by atoms with E-state index < -0.39 is 11.6 Å². The second-order valence-electron chi connectivity index (χ2n) is 6.19. The smallest absolute Gasteiger partial charge is 0.224 e. The van der Waals surface area contributed by atoms with Crippen molar-refractivity contribution in [3.63, 3.8) is 0 Å². The predicted molar refractivity (Wildman–Crippen MR) is 89.8 cm³/mol. The summed E-state index contributed by atoms with van der Waals surface area (Å²) >= 11 is 1.55. The molecule has 6 heteroatoms. The third kappa shape index (κ3) is 4.38. The second-order valence-corrected chi connectivity index (χ2v) is 7.13. The number of nitrogens with zero attached hydrogens (tertiary/aromatic N) is 1. The average molecular weight is 350 g/mol. The summed E-state index contributed by atoms with van der Waals surface area (Å²) in [7, 11) is 0. The number of carbonyl (C=O) groups is 1. The fourth-order valence-corrected chi connectivity index (χ4v) is 3.88. The lowest BCUT2D eigenvalue weighted by atomic mass is 9.87. The summed E-state index contributed by atoms with van der Waals surface area (Å²) in [6.45, 7) is 0.346. The third-order valence-corrected chi connectivity index (χ3v) is 5.26. The summed E-state index contributed by atoms with van der Waals surface area (Å²) in [5, 5.41) is 5.70. The summed E-state index contributed by atoms with van der Waals surface area (Å²) in [4.78, 5) is 16.6. The van der Waals surface area contributed by atoms with Crippen molar-refractivity contribution in [2.24, 2.45) is 0 Å². The highest BCUT2D eigenvalue weighted by molar-refractivity contribution is 7.09. The molecule has 2 aromatic rings. The summed E-state index contributed by atoms with van der Waals surface area (Å²) in [5.41, 5.74) is 1.32. The lowest BCUT2D eigenvalue weighted by Crippen LogP contribution is -2.25. The standard InChI is InChI=1S/C18H20F2N2OS/c19-14-7-6-13(15(20)9-14)8-17(23)21-10-18-22-16(11-24-18)12-4-2-1-3-5-12/h6-7,9,11-12H,1-5,8,10H2,(H,21,23). The van der Waals surface area contributed by atoms with Gasteiger partial charge in [0.05, 0.1) is 18.7 Å². The van der Waals surface area contributed by atoms with E-state index in [1.807, 2.05) is 0 Å². The fraction of sp³-hybridized carbons (Fsp3) is 0.444. The van der Waals surface area contributed by atoms with Crippen LogP contribution < -0.4 is 5.32 Å². The van der Waals surface area contributed by atoms with Crippen LogP contribution in [0.4, 0.5) is 8.78 Å². The Morgan fingerprint density at radius 3 is 2.79 bits per heavy atom. The van der Waals surface area contributed by atoms with Crippen molar-refractivity contribution in [3.05, 3.63) is 51.5 Å². The van der Waals surface area contributed by atoms with Crippen LogP contribution in [0.15, 0.2) is 23.6 Å². The van der Waals surface area contributed by atoms with E-state index in [1.165, 1.54) is 38.2 Å². The molecule has 1 aromatic carbocycles. The fourth-order valence-electron chi connectivity index (χ4n) is 3.07. The molecule has 24 heavy (non-hydrogen) atoms. The lowest BCUT2D eigenvalue weighted by molar-refractivity contribution is -0.120. The first-order valence-corrected chi connectivity index (χ1v) is 9.14. The van der Waals surface area contributed by atoms with Crippen LogP contribution in [-0.2, 0) is 17.8 Å². The van der Waals surface area contributed by atoms with Crippen LogP contribution >= 0.6 is 11.3 Å². The van der Waals surface area contributed by atoms with Crippen molar-refractivity contribution in [2.45, 2.75) is 51.0 Å². The number of hydrogen-bond acceptors (Lipinski definition) is 3. The van der Waals surface area contributed by atoms with Crippen molar-refractivity contribution >= 4 is 17.2 Å². The molecule has 1 saturated carbocycles. The Morgan fingerprint density at radius 1 is 1.25 bits per heavy atom. The van der Waals surface area contributed by atoms with Crippen molar-refractivity contribution in [2.75, 3.05) is 0 Å². The Hall–Kier alpha value is -1.82. The zero-order chi connectivity index (χ0) is 16.9. The van der Waals surface area contributed by atoms with Gasteiger partial charge in [-0.05, 0) is 24.5 Å². The van der Waals surface area contributed by atoms with E-state index in [1.54, 1.807) is 11.3 Å². The van der Waals surface area contributed by atoms with Gasteiger partial charge in [-0.3, -0.25) is 4.79 Å². The SMILES string of the molecule is O=C(Cc1ccc(F)cc1F)NCc1nc(C2CCCCC2)cs1. The molecule has 0 atom stereocenters. The first kappa shape index (κ1) is 17.0. The van der Waals surface area contributed by atoms with Gasteiger partial charge in [0.1, 0.15) is 16.6 Å². The Bertz CT molecular complexity index is 711. The molecule has 0 spiro atoms. The molecule has 128 valence electrons. The molecule has 1 amide bonds. The van der Waals surface area contributed by atoms with Crippen LogP contribution in [0.3, 0.4) is 0 Å². The van der Waals surface area contributed by atoms with Gasteiger partial charge in [0.2, 0.25) is 5.91 Å². The van der Waals surface area contributed by atoms with Crippen LogP contribution in [0.5, 0.6) is 0 Å². The number of rotatable bonds is 5. The van der Waals surface area contributed by atoms with E-state index in [0.29, 0.717) is 12.5 Å². The van der Waals surface area contributed by atoms with Crippen LogP contribution in [0.25, 0.3) is 0 Å². The first-order valence-electron chi connectivity index (χ1n) is 8.27. The van der Waals surface area contributed by atoms with Crippen molar-refractivity contribution in [1.29, 1.82) is 0 Å². The van der Waals surface area contributed by atoms with Crippen molar-refractivity contribution < 1.29 is 13.6 Å². The number of thiazole rings is 1. The van der Waals surface area contributed by atoms with Crippen molar-refractivity contribution in [1.82, 2.24) is 10.3 Å². The molecule has 1 heterocycles. The molecule has 0 saturated heterocycles. The van der Waals surface area contributed by atoms with E-state index in [9.17, 15) is 13.6 Å². The maximum absolute atomic E-state index is 13.6. The normalized spacial score (nSPS) is 15.4. The van der Waals surface area contributed by atoms with E-state index in [4.69, 9.17) is 0 Å². The first-order chi connectivity index (χ1) is 11.6. The quantitative estimate of drug-likeness (QED) is 0.872. The zero-order valence-electron chi connectivity index (χ0n) is 13.4. The summed E-state index contributed by atoms with van der Waals surface area (Å²) in [5.74, 6) is -1.09. The van der Waals surface area contributed by atoms with Gasteiger partial charge in [0.25, 0.3) is 0 Å². The molecule has 0 bridgehead atoms. The van der Waals surface area contributed by atoms with Crippen molar-refractivity contribution in [3.8, 4) is 0 Å². The lowest BCUT2D eigenvalue weighted by Gasteiger charge is -2.19. The van der Waals surface area contributed by atoms with Gasteiger partial charge in [0.15, 0.2) is 0 Å². The number of aromatic nitrogens is 1. The van der Waals surface area contributed by atoms with Gasteiger partial charge in [0, 0.05) is 17.4 Å². The maximum Gasteiger partial charge on any atom is 0.224 e. The van der Waals surface area contributed by atoms with Gasteiger partial charge in [-0.2, -0.15) is 0 Å². The van der Waals surface area contributed by atoms with Crippen LogP contribution in [0.1, 0.15) is 54.3 Å². The highest BCUT2D eigenvalue weighted by atomic mass is 32.1. The van der Waals surface area contributed by atoms with Gasteiger partial charge in [-0.15, -0.1) is 11.3 Å². The summed E-state index contributed by atoms with van der Waals surface area (Å²) in [6, 6.07) is 3.25. The Morgan fingerprint density at radius 2 is 2.04 bits per heavy atom. The van der Waals surface area contributed by atoms with Gasteiger partial charge >= 0.3 is 0 Å². The van der Waals surface area contributed by atoms with E-state index in [2.05, 4.69) is 15.7 Å². The topological polar surface area (TPSA) is 42.0 Å². The number of hydrogen-bond donors (Lipinski definition) is 1. The molecule has 1 aliphatic rings. The largest absolute Gasteiger partial charge is 0.349 e. The highest BCUT2D eigenvalue weighted by Crippen LogP contribution is 2.32. The van der Waals surface area contributed by atoms with E-state index >= 15 is 0 Å². The predicted octanol–water partition coefficient (Wildman–Crippen LogP) is 4.33. The molecule has 0 unspecified atom stereocenters. The molecule has 3 rings (SSSR count). The molecule has 0 radical (unpaired) electrons. The minimum absolute atomic E-state index is 0.104. The number of amides is 1. The van der Waals surface area contributed by atoms with E-state index in [0.717, 1.165) is 22.8 Å². The highest BCUT2D eigenvalue weighted by Gasteiger charge is 2.18. The number of carbonyl (C=O) groups excluding carboxylic acids is 1. The second kappa shape index (κ2) is 7.83. The number of halogens is 2. The number of nitrogens with one attached hydrogen (secondary N) is 1. The van der Waals surface area contributed by atoms with Gasteiger partial charge < -0.3 is 5.32 Å². The van der Waals surface area contributed by atoms with Crippen LogP contribution in [-0.4, -0.2) is 10.9 Å². The Balaban J connectivity index is 1.52. The Labute approximate surface area is 144 Å². The maximum atomic E-state index is 13.6. The molecule has 0 aliphatic heterocycles. The van der Waals surface area contributed by atoms with Gasteiger partial charge in [-0.25, -0.2) is 13.8 Å². The minimum Gasteiger partial charge on any atom is -0.349 e. The number of benzene rings is 1. The summed E-state index contributed by atoms with van der Waals surface area (Å²) in [6.07, 6.45) is 6.12. The van der Waals surface area contributed by atoms with Gasteiger partial charge in [-0.1, -0.05) is 25.3 Å². The molecular formula is C18H20F2N2OS. The average Bonchev–Trinajstić information content (AvgIpc) is 3.05. The van der Waals surface area contributed by atoms with Crippen LogP contribution in [0.2, 0.25) is 0 Å². The van der Waals surface area contributed by atoms with Crippen LogP contribution in [0, 0.1) is 11.6 Å². The summed E-state index contributed by atoms with van der Waals surface area (Å²) < 4.78 is 26.4. The monoisotopic (exact) mass is 350 g/mol. The minimum atomic E-state index is -0.695. The zero-order valence-corrected chi connectivity index (χ0v) is 14.2. The molecule has 3 nitrogen and oxygen atoms in total. The molecule has 1 N–H and O–H groups in total. The molecule has 1 fully saturated rings. The third-order valence-electron chi connectivity index (χ3n) is 4.40. The van der Waals surface area contributed by atoms with E-state index in [-0.39, 0.29) is 17.9 Å². The molecule has 1 aromatic heterocycles. The Kier molecular flexibility index (Phi) is 5.56.